The van der Waals surface area contributed by atoms with Crippen LogP contribution in [0, 0.1) is 11.8 Å². The second kappa shape index (κ2) is 27.0. The molecule has 0 aliphatic carbocycles. The summed E-state index contributed by atoms with van der Waals surface area (Å²) < 4.78 is 0. The largest absolute Gasteiger partial charge is 0.508 e. The summed E-state index contributed by atoms with van der Waals surface area (Å²) in [7, 11) is 0. The lowest BCUT2D eigenvalue weighted by molar-refractivity contribution is -0.144. The number of nitrogens with one attached hydrogen (secondary N) is 7. The van der Waals surface area contributed by atoms with Gasteiger partial charge in [-0.05, 0) is 62.1 Å². The maximum atomic E-state index is 13.9. The molecule has 1 aromatic rings. The van der Waals surface area contributed by atoms with Crippen LogP contribution in [-0.2, 0) is 59.2 Å². The van der Waals surface area contributed by atoms with Gasteiger partial charge in [0.15, 0.2) is 0 Å². The number of hydrogen-bond acceptors (Lipinski definition) is 15. The third-order valence-corrected chi connectivity index (χ3v) is 10.7. The van der Waals surface area contributed by atoms with Gasteiger partial charge >= 0.3 is 11.9 Å². The van der Waals surface area contributed by atoms with E-state index in [1.807, 2.05) is 5.32 Å². The highest BCUT2D eigenvalue weighted by molar-refractivity contribution is 5.99. The lowest BCUT2D eigenvalue weighted by Gasteiger charge is -2.32. The molecule has 0 radical (unpaired) electrons. The number of phenols is 1. The molecule has 1 aliphatic heterocycles. The number of aliphatic carboxylic acids is 2. The van der Waals surface area contributed by atoms with Crippen LogP contribution in [0.3, 0.4) is 0 Å². The van der Waals surface area contributed by atoms with E-state index in [1.165, 1.54) is 30.9 Å². The molecule has 1 saturated heterocycles. The van der Waals surface area contributed by atoms with Crippen LogP contribution < -0.4 is 48.7 Å². The molecule has 0 spiro atoms. The number of carbonyl (C=O) groups is 11. The molecule has 9 amide bonds. The number of aliphatic hydroxyl groups is 2. The molecule has 0 unspecified atom stereocenters. The Labute approximate surface area is 391 Å². The molecule has 2 rings (SSSR count). The summed E-state index contributed by atoms with van der Waals surface area (Å²) in [6.45, 7) is 5.73. The van der Waals surface area contributed by atoms with Crippen LogP contribution in [-0.4, -0.2) is 170 Å². The number of primary amides is 1. The average molecular weight is 965 g/mol. The van der Waals surface area contributed by atoms with Gasteiger partial charge in [-0.2, -0.15) is 0 Å². The van der Waals surface area contributed by atoms with Gasteiger partial charge in [-0.1, -0.05) is 39.8 Å². The molecule has 9 atom stereocenters. The van der Waals surface area contributed by atoms with E-state index in [9.17, 15) is 73.2 Å². The van der Waals surface area contributed by atoms with Crippen LogP contribution in [0.1, 0.15) is 72.3 Å². The van der Waals surface area contributed by atoms with Gasteiger partial charge in [-0.25, -0.2) is 4.79 Å². The van der Waals surface area contributed by atoms with Gasteiger partial charge in [0.25, 0.3) is 0 Å². The fraction of sp³-hybridized carbons (Fsp3) is 0.595. The van der Waals surface area contributed by atoms with E-state index in [4.69, 9.17) is 16.6 Å². The van der Waals surface area contributed by atoms with Gasteiger partial charge in [-0.15, -0.1) is 0 Å². The van der Waals surface area contributed by atoms with Gasteiger partial charge in [0.1, 0.15) is 48.0 Å². The van der Waals surface area contributed by atoms with E-state index < -0.39 is 164 Å². The normalized spacial score (nSPS) is 16.9. The van der Waals surface area contributed by atoms with Crippen molar-refractivity contribution in [3.8, 4) is 5.75 Å². The molecule has 16 N–H and O–H groups in total. The molecular formula is C42H64N10O16. The first-order valence-corrected chi connectivity index (χ1v) is 21.7. The zero-order chi connectivity index (χ0) is 51.6. The van der Waals surface area contributed by atoms with Crippen LogP contribution in [0.5, 0.6) is 5.75 Å². The minimum Gasteiger partial charge on any atom is -0.508 e. The first-order chi connectivity index (χ1) is 31.8. The van der Waals surface area contributed by atoms with E-state index in [0.29, 0.717) is 12.0 Å². The molecule has 1 aromatic carbocycles. The second-order valence-corrected chi connectivity index (χ2v) is 16.9. The van der Waals surface area contributed by atoms with Crippen LogP contribution in [0.4, 0.5) is 0 Å². The van der Waals surface area contributed by atoms with Crippen LogP contribution >= 0.6 is 0 Å². The quantitative estimate of drug-likeness (QED) is 0.0392. The summed E-state index contributed by atoms with van der Waals surface area (Å²) >= 11 is 0. The molecule has 0 bridgehead atoms. The Bertz CT molecular complexity index is 2000. The summed E-state index contributed by atoms with van der Waals surface area (Å²) in [5.41, 5.74) is 12.2. The number of benzene rings is 1. The number of nitrogens with two attached hydrogens (primary N) is 2. The molecular weight excluding hydrogens is 901 g/mol. The summed E-state index contributed by atoms with van der Waals surface area (Å²) in [5, 5.41) is 63.9. The van der Waals surface area contributed by atoms with Crippen molar-refractivity contribution in [2.75, 3.05) is 19.7 Å². The fourth-order valence-corrected chi connectivity index (χ4v) is 6.86. The fourth-order valence-electron chi connectivity index (χ4n) is 6.86. The Balaban J connectivity index is 2.13. The second-order valence-electron chi connectivity index (χ2n) is 16.9. The third-order valence-electron chi connectivity index (χ3n) is 10.7. The molecule has 26 nitrogen and oxygen atoms in total. The Morgan fingerprint density at radius 3 is 1.82 bits per heavy atom. The number of hydrogen-bond donors (Lipinski definition) is 14. The number of rotatable bonds is 27. The van der Waals surface area contributed by atoms with Gasteiger partial charge in [0.05, 0.1) is 31.7 Å². The minimum atomic E-state index is -1.79. The van der Waals surface area contributed by atoms with E-state index in [-0.39, 0.29) is 25.1 Å². The SMILES string of the molecule is CC(C)[C@H](NC(=O)[C@H](CC(N)=O)NC(=O)[C@@H](NC(=O)[C@@H]1CCCN1C(=O)[C@@H](NC(=O)[C@@H](N)Cc1ccc(O)cc1)C(C)C)[C@@H](C)O)C(=O)NCC(=O)N[C@@H](CO)C(=O)N[C@@H](CCC(=O)O)C(=O)O. The average Bonchev–Trinajstić information content (AvgIpc) is 3.76. The standard InChI is InChI=1S/C42H64N10O16/c1-19(2)32(39(64)45-17-30(57)46-27(18-53)37(62)47-25(42(67)68)12-13-31(58)59)49-36(61)26(16-29(44)56)48-40(65)34(21(5)54)51-38(63)28-7-6-14-52(28)41(66)33(20(3)4)50-35(60)24(43)15-22-8-10-23(55)11-9-22/h8-11,19-21,24-28,32-34,53-55H,6-7,12-18,43H2,1-5H3,(H2,44,56)(H,45,64)(H,46,57)(H,47,62)(H,48,65)(H,49,61)(H,50,60)(H,51,63)(H,58,59)(H,67,68)/t21-,24+,25+,26+,27+,28+,32+,33+,34+/m1/s1. The van der Waals surface area contributed by atoms with Gasteiger partial charge in [0.2, 0.25) is 53.2 Å². The van der Waals surface area contributed by atoms with Crippen molar-refractivity contribution in [3.63, 3.8) is 0 Å². The number of nitrogens with zero attached hydrogens (tertiary/aromatic N) is 1. The monoisotopic (exact) mass is 964 g/mol. The van der Waals surface area contributed by atoms with Gasteiger partial charge < -0.3 is 79.1 Å². The van der Waals surface area contributed by atoms with E-state index in [2.05, 4.69) is 31.9 Å². The highest BCUT2D eigenvalue weighted by Crippen LogP contribution is 2.21. The third kappa shape index (κ3) is 18.0. The molecule has 26 heteroatoms. The van der Waals surface area contributed by atoms with E-state index >= 15 is 0 Å². The molecule has 1 aliphatic rings. The van der Waals surface area contributed by atoms with Crippen molar-refractivity contribution in [3.05, 3.63) is 29.8 Å². The van der Waals surface area contributed by atoms with Crippen molar-refractivity contribution >= 4 is 65.1 Å². The Morgan fingerprint density at radius 1 is 0.721 bits per heavy atom. The maximum absolute atomic E-state index is 13.9. The van der Waals surface area contributed by atoms with Crippen molar-refractivity contribution < 1.29 is 78.3 Å². The summed E-state index contributed by atoms with van der Waals surface area (Å²) in [6.07, 6.45) is -2.97. The topological polar surface area (TPSA) is 428 Å². The predicted molar refractivity (Wildman–Crippen MR) is 236 cm³/mol. The first kappa shape index (κ1) is 57.2. The zero-order valence-corrected chi connectivity index (χ0v) is 38.4. The molecule has 68 heavy (non-hydrogen) atoms. The lowest BCUT2D eigenvalue weighted by atomic mass is 10.00. The van der Waals surface area contributed by atoms with E-state index in [1.54, 1.807) is 26.0 Å². The molecule has 0 aromatic heterocycles. The maximum Gasteiger partial charge on any atom is 0.326 e. The highest BCUT2D eigenvalue weighted by Gasteiger charge is 2.41. The molecule has 0 saturated carbocycles. The Hall–Kier alpha value is -6.93. The zero-order valence-electron chi connectivity index (χ0n) is 38.4. The number of carbonyl (C=O) groups excluding carboxylic acids is 9. The number of carboxylic acid groups (broad SMARTS) is 2. The Kier molecular flexibility index (Phi) is 22.7. The number of phenolic OH excluding ortho intramolecular Hbond substituents is 1. The highest BCUT2D eigenvalue weighted by atomic mass is 16.4. The lowest BCUT2D eigenvalue weighted by Crippen LogP contribution is -2.62. The van der Waals surface area contributed by atoms with Gasteiger partial charge in [0, 0.05) is 13.0 Å². The number of amides is 9. The number of aromatic hydroxyl groups is 1. The van der Waals surface area contributed by atoms with Crippen molar-refractivity contribution in [1.82, 2.24) is 42.1 Å². The summed E-state index contributed by atoms with van der Waals surface area (Å²) in [4.78, 5) is 142. The van der Waals surface area contributed by atoms with Gasteiger partial charge in [-0.3, -0.25) is 47.9 Å². The number of carboxylic acids is 2. The Morgan fingerprint density at radius 2 is 1.29 bits per heavy atom. The first-order valence-electron chi connectivity index (χ1n) is 21.7. The van der Waals surface area contributed by atoms with Crippen LogP contribution in [0.25, 0.3) is 0 Å². The van der Waals surface area contributed by atoms with Crippen molar-refractivity contribution in [1.29, 1.82) is 0 Å². The van der Waals surface area contributed by atoms with E-state index in [0.717, 1.165) is 6.92 Å². The van der Waals surface area contributed by atoms with Crippen molar-refractivity contribution in [2.45, 2.75) is 128 Å². The molecule has 1 heterocycles. The smallest absolute Gasteiger partial charge is 0.326 e. The number of aliphatic hydroxyl groups excluding tert-OH is 2. The molecule has 378 valence electrons. The van der Waals surface area contributed by atoms with Crippen molar-refractivity contribution in [2.24, 2.45) is 23.3 Å². The molecule has 1 fully saturated rings. The summed E-state index contributed by atoms with van der Waals surface area (Å²) in [6, 6.07) is -5.66. The van der Waals surface area contributed by atoms with Crippen LogP contribution in [0.15, 0.2) is 24.3 Å². The number of likely N-dealkylation sites (tertiary alicyclic amines) is 1. The predicted octanol–water partition coefficient (Wildman–Crippen LogP) is -5.21. The minimum absolute atomic E-state index is 0.0284. The summed E-state index contributed by atoms with van der Waals surface area (Å²) in [5.74, 6) is -12.7. The van der Waals surface area contributed by atoms with Crippen LogP contribution in [0.2, 0.25) is 0 Å².